The smallest absolute Gasteiger partial charge is 0.0221 e. The molecular formula is C16H32N2. The molecule has 1 aliphatic heterocycles. The second-order valence-corrected chi connectivity index (χ2v) is 6.85. The summed E-state index contributed by atoms with van der Waals surface area (Å²) in [6.07, 6.45) is 4.93. The molecule has 0 spiro atoms. The SMILES string of the molecule is CCC(CNC(C)C)N1CC=C(C(C)(C)C)CC1. The van der Waals surface area contributed by atoms with Crippen molar-refractivity contribution in [1.29, 1.82) is 0 Å². The predicted molar refractivity (Wildman–Crippen MR) is 80.9 cm³/mol. The Morgan fingerprint density at radius 3 is 2.39 bits per heavy atom. The number of nitrogens with one attached hydrogen (secondary N) is 1. The van der Waals surface area contributed by atoms with Crippen molar-refractivity contribution in [2.75, 3.05) is 19.6 Å². The van der Waals surface area contributed by atoms with Gasteiger partial charge in [0.25, 0.3) is 0 Å². The Morgan fingerprint density at radius 2 is 2.00 bits per heavy atom. The van der Waals surface area contributed by atoms with E-state index < -0.39 is 0 Å². The van der Waals surface area contributed by atoms with Crippen molar-refractivity contribution in [1.82, 2.24) is 10.2 Å². The van der Waals surface area contributed by atoms with Crippen LogP contribution in [0.25, 0.3) is 0 Å². The third kappa shape index (κ3) is 4.74. The Hall–Kier alpha value is -0.340. The monoisotopic (exact) mass is 252 g/mol. The van der Waals surface area contributed by atoms with Gasteiger partial charge >= 0.3 is 0 Å². The zero-order chi connectivity index (χ0) is 13.8. The van der Waals surface area contributed by atoms with Crippen LogP contribution in [0.4, 0.5) is 0 Å². The number of rotatable bonds is 5. The van der Waals surface area contributed by atoms with Crippen LogP contribution in [0.2, 0.25) is 0 Å². The van der Waals surface area contributed by atoms with Crippen molar-refractivity contribution >= 4 is 0 Å². The first-order valence-electron chi connectivity index (χ1n) is 7.51. The third-order valence-corrected chi connectivity index (χ3v) is 3.95. The fourth-order valence-electron chi connectivity index (χ4n) is 2.60. The first-order valence-corrected chi connectivity index (χ1v) is 7.51. The molecule has 1 unspecified atom stereocenters. The van der Waals surface area contributed by atoms with Crippen LogP contribution in [-0.4, -0.2) is 36.6 Å². The maximum absolute atomic E-state index is 3.57. The minimum Gasteiger partial charge on any atom is -0.313 e. The van der Waals surface area contributed by atoms with Gasteiger partial charge in [0.05, 0.1) is 0 Å². The van der Waals surface area contributed by atoms with Crippen molar-refractivity contribution in [2.24, 2.45) is 5.41 Å². The van der Waals surface area contributed by atoms with Gasteiger partial charge in [-0.25, -0.2) is 0 Å². The molecule has 1 rings (SSSR count). The second-order valence-electron chi connectivity index (χ2n) is 6.85. The summed E-state index contributed by atoms with van der Waals surface area (Å²) in [5.74, 6) is 0. The summed E-state index contributed by atoms with van der Waals surface area (Å²) in [5, 5.41) is 3.57. The van der Waals surface area contributed by atoms with Gasteiger partial charge in [0.1, 0.15) is 0 Å². The topological polar surface area (TPSA) is 15.3 Å². The minimum absolute atomic E-state index is 0.351. The molecule has 2 nitrogen and oxygen atoms in total. The molecule has 0 amide bonds. The van der Waals surface area contributed by atoms with Crippen molar-refractivity contribution in [3.05, 3.63) is 11.6 Å². The van der Waals surface area contributed by atoms with E-state index in [1.54, 1.807) is 5.57 Å². The molecule has 0 radical (unpaired) electrons. The molecule has 1 heterocycles. The lowest BCUT2D eigenvalue weighted by Gasteiger charge is -2.37. The Morgan fingerprint density at radius 1 is 1.33 bits per heavy atom. The molecule has 0 aliphatic carbocycles. The van der Waals surface area contributed by atoms with Crippen LogP contribution in [0.15, 0.2) is 11.6 Å². The average molecular weight is 252 g/mol. The molecule has 0 saturated carbocycles. The van der Waals surface area contributed by atoms with Crippen molar-refractivity contribution in [3.8, 4) is 0 Å². The van der Waals surface area contributed by atoms with E-state index in [-0.39, 0.29) is 0 Å². The maximum Gasteiger partial charge on any atom is 0.0221 e. The zero-order valence-electron chi connectivity index (χ0n) is 13.2. The highest BCUT2D eigenvalue weighted by molar-refractivity contribution is 5.14. The predicted octanol–water partition coefficient (Wildman–Crippen LogP) is 3.44. The van der Waals surface area contributed by atoms with Crippen molar-refractivity contribution in [2.45, 2.75) is 66.5 Å². The molecular weight excluding hydrogens is 220 g/mol. The summed E-state index contributed by atoms with van der Waals surface area (Å²) in [5.41, 5.74) is 1.98. The standard InChI is InChI=1S/C16H32N2/c1-7-15(12-17-13(2)3)18-10-8-14(9-11-18)16(4,5)6/h8,13,15,17H,7,9-12H2,1-6H3. The van der Waals surface area contributed by atoms with E-state index in [2.05, 4.69) is 57.8 Å². The molecule has 0 aromatic rings. The van der Waals surface area contributed by atoms with Gasteiger partial charge in [-0.15, -0.1) is 0 Å². The van der Waals surface area contributed by atoms with Gasteiger partial charge in [-0.2, -0.15) is 0 Å². The van der Waals surface area contributed by atoms with Gasteiger partial charge in [0.15, 0.2) is 0 Å². The lowest BCUT2D eigenvalue weighted by atomic mass is 9.82. The molecule has 0 aromatic heterocycles. The van der Waals surface area contributed by atoms with Crippen LogP contribution in [0.5, 0.6) is 0 Å². The molecule has 0 saturated heterocycles. The van der Waals surface area contributed by atoms with Crippen LogP contribution >= 0.6 is 0 Å². The van der Waals surface area contributed by atoms with E-state index in [1.165, 1.54) is 19.4 Å². The lowest BCUT2D eigenvalue weighted by Crippen LogP contribution is -2.45. The summed E-state index contributed by atoms with van der Waals surface area (Å²) in [6.45, 7) is 17.2. The minimum atomic E-state index is 0.351. The maximum atomic E-state index is 3.57. The molecule has 2 heteroatoms. The van der Waals surface area contributed by atoms with Crippen LogP contribution in [-0.2, 0) is 0 Å². The highest BCUT2D eigenvalue weighted by Gasteiger charge is 2.24. The van der Waals surface area contributed by atoms with Crippen molar-refractivity contribution < 1.29 is 0 Å². The Balaban J connectivity index is 2.52. The van der Waals surface area contributed by atoms with Crippen LogP contribution in [0.3, 0.4) is 0 Å². The van der Waals surface area contributed by atoms with Crippen LogP contribution < -0.4 is 5.32 Å². The molecule has 0 aromatic carbocycles. The van der Waals surface area contributed by atoms with E-state index in [9.17, 15) is 0 Å². The number of nitrogens with zero attached hydrogens (tertiary/aromatic N) is 1. The molecule has 1 atom stereocenters. The third-order valence-electron chi connectivity index (χ3n) is 3.95. The fraction of sp³-hybridized carbons (Fsp3) is 0.875. The summed E-state index contributed by atoms with van der Waals surface area (Å²) >= 11 is 0. The summed E-state index contributed by atoms with van der Waals surface area (Å²) in [7, 11) is 0. The summed E-state index contributed by atoms with van der Waals surface area (Å²) < 4.78 is 0. The molecule has 0 fully saturated rings. The molecule has 1 N–H and O–H groups in total. The highest BCUT2D eigenvalue weighted by atomic mass is 15.2. The molecule has 1 aliphatic rings. The highest BCUT2D eigenvalue weighted by Crippen LogP contribution is 2.30. The number of hydrogen-bond acceptors (Lipinski definition) is 2. The van der Waals surface area contributed by atoms with Gasteiger partial charge in [-0.1, -0.05) is 53.2 Å². The van der Waals surface area contributed by atoms with Gasteiger partial charge in [0.2, 0.25) is 0 Å². The van der Waals surface area contributed by atoms with Gasteiger partial charge in [-0.05, 0) is 18.3 Å². The first-order chi connectivity index (χ1) is 8.34. The summed E-state index contributed by atoms with van der Waals surface area (Å²) in [6, 6.07) is 1.27. The van der Waals surface area contributed by atoms with Crippen molar-refractivity contribution in [3.63, 3.8) is 0 Å². The van der Waals surface area contributed by atoms with Crippen LogP contribution in [0.1, 0.15) is 54.4 Å². The fourth-order valence-corrected chi connectivity index (χ4v) is 2.60. The van der Waals surface area contributed by atoms with E-state index in [4.69, 9.17) is 0 Å². The molecule has 0 bridgehead atoms. The molecule has 18 heavy (non-hydrogen) atoms. The van der Waals surface area contributed by atoms with E-state index >= 15 is 0 Å². The Labute approximate surface area is 114 Å². The van der Waals surface area contributed by atoms with E-state index in [1.807, 2.05) is 0 Å². The lowest BCUT2D eigenvalue weighted by molar-refractivity contribution is 0.191. The largest absolute Gasteiger partial charge is 0.313 e. The molecule has 106 valence electrons. The normalized spacial score (nSPS) is 20.1. The Kier molecular flexibility index (Phi) is 5.87. The van der Waals surface area contributed by atoms with Gasteiger partial charge < -0.3 is 5.32 Å². The van der Waals surface area contributed by atoms with E-state index in [0.717, 1.165) is 13.1 Å². The van der Waals surface area contributed by atoms with Crippen LogP contribution in [0, 0.1) is 5.41 Å². The van der Waals surface area contributed by atoms with E-state index in [0.29, 0.717) is 17.5 Å². The average Bonchev–Trinajstić information content (AvgIpc) is 2.29. The van der Waals surface area contributed by atoms with Gasteiger partial charge in [0, 0.05) is 31.7 Å². The number of hydrogen-bond donors (Lipinski definition) is 1. The summed E-state index contributed by atoms with van der Waals surface area (Å²) in [4.78, 5) is 2.63. The van der Waals surface area contributed by atoms with Gasteiger partial charge in [-0.3, -0.25) is 4.90 Å². The first kappa shape index (κ1) is 15.7. The zero-order valence-corrected chi connectivity index (χ0v) is 13.2. The Bertz CT molecular complexity index is 273. The second kappa shape index (κ2) is 6.72. The quantitative estimate of drug-likeness (QED) is 0.754.